The summed E-state index contributed by atoms with van der Waals surface area (Å²) in [5, 5.41) is 15.6. The molecule has 30 heavy (non-hydrogen) atoms. The fourth-order valence-electron chi connectivity index (χ4n) is 3.76. The summed E-state index contributed by atoms with van der Waals surface area (Å²) in [6, 6.07) is 4.54. The van der Waals surface area contributed by atoms with Crippen LogP contribution in [0.2, 0.25) is 0 Å². The van der Waals surface area contributed by atoms with E-state index in [1.807, 2.05) is 5.38 Å². The van der Waals surface area contributed by atoms with Crippen LogP contribution in [0.5, 0.6) is 5.75 Å². The van der Waals surface area contributed by atoms with Crippen LogP contribution in [0, 0.1) is 11.2 Å². The number of hydrogen-bond donors (Lipinski definition) is 2. The number of amidine groups is 1. The Morgan fingerprint density at radius 3 is 2.73 bits per heavy atom. The summed E-state index contributed by atoms with van der Waals surface area (Å²) in [5.41, 5.74) is 1.37. The van der Waals surface area contributed by atoms with Crippen molar-refractivity contribution in [2.45, 2.75) is 13.8 Å². The minimum atomic E-state index is -0.799. The standard InChI is InChI=1S/C21H25FN4O3S/c1-21(2,20(27)28)12-25-6-8-26(9-7-25)18-17-16(29-3)11-30-19(17)24-14-5-4-13(22)10-15(14)23-18/h4-5,10-11,24H,6-9,12H2,1-3H3,(H,27,28). The van der Waals surface area contributed by atoms with Crippen molar-refractivity contribution in [3.05, 3.63) is 35.0 Å². The van der Waals surface area contributed by atoms with E-state index in [4.69, 9.17) is 9.73 Å². The third-order valence-electron chi connectivity index (χ3n) is 5.50. The summed E-state index contributed by atoms with van der Waals surface area (Å²) in [6.45, 7) is 6.82. The molecule has 4 rings (SSSR count). The highest BCUT2D eigenvalue weighted by Crippen LogP contribution is 2.43. The number of anilines is 2. The number of methoxy groups -OCH3 is 1. The Morgan fingerprint density at radius 1 is 1.33 bits per heavy atom. The van der Waals surface area contributed by atoms with Gasteiger partial charge in [-0.3, -0.25) is 9.69 Å². The predicted octanol–water partition coefficient (Wildman–Crippen LogP) is 3.76. The summed E-state index contributed by atoms with van der Waals surface area (Å²) in [7, 11) is 1.63. The Balaban J connectivity index is 1.63. The van der Waals surface area contributed by atoms with Crippen molar-refractivity contribution in [3.63, 3.8) is 0 Å². The molecule has 2 aliphatic heterocycles. The van der Waals surface area contributed by atoms with Crippen molar-refractivity contribution in [1.29, 1.82) is 0 Å². The second kappa shape index (κ2) is 7.88. The smallest absolute Gasteiger partial charge is 0.310 e. The van der Waals surface area contributed by atoms with E-state index in [-0.39, 0.29) is 5.82 Å². The van der Waals surface area contributed by atoms with Gasteiger partial charge < -0.3 is 20.1 Å². The molecule has 1 aromatic heterocycles. The molecule has 0 aliphatic carbocycles. The number of rotatable bonds is 4. The van der Waals surface area contributed by atoms with Crippen molar-refractivity contribution in [3.8, 4) is 5.75 Å². The minimum Gasteiger partial charge on any atom is -0.495 e. The Hall–Kier alpha value is -2.65. The van der Waals surface area contributed by atoms with Gasteiger partial charge in [-0.15, -0.1) is 11.3 Å². The molecule has 0 radical (unpaired) electrons. The lowest BCUT2D eigenvalue weighted by atomic mass is 9.93. The maximum atomic E-state index is 13.9. The third-order valence-corrected chi connectivity index (χ3v) is 6.38. The maximum absolute atomic E-state index is 13.9. The van der Waals surface area contributed by atoms with Gasteiger partial charge in [-0.2, -0.15) is 0 Å². The molecule has 160 valence electrons. The Labute approximate surface area is 178 Å². The Morgan fingerprint density at radius 2 is 2.07 bits per heavy atom. The van der Waals surface area contributed by atoms with Gasteiger partial charge in [0.25, 0.3) is 0 Å². The molecule has 7 nitrogen and oxygen atoms in total. The zero-order chi connectivity index (χ0) is 21.5. The van der Waals surface area contributed by atoms with Crippen molar-refractivity contribution in [2.75, 3.05) is 45.2 Å². The summed E-state index contributed by atoms with van der Waals surface area (Å²) >= 11 is 1.52. The van der Waals surface area contributed by atoms with Gasteiger partial charge in [0, 0.05) is 44.2 Å². The number of piperazine rings is 1. The molecule has 2 aliphatic rings. The Bertz CT molecular complexity index is 996. The van der Waals surface area contributed by atoms with Gasteiger partial charge in [0.05, 0.1) is 29.5 Å². The van der Waals surface area contributed by atoms with Crippen LogP contribution in [-0.2, 0) is 4.79 Å². The molecule has 3 heterocycles. The molecule has 2 aromatic rings. The molecule has 9 heteroatoms. The average molecular weight is 433 g/mol. The lowest BCUT2D eigenvalue weighted by molar-refractivity contribution is -0.148. The number of nitrogens with zero attached hydrogens (tertiary/aromatic N) is 3. The number of thiophene rings is 1. The highest BCUT2D eigenvalue weighted by atomic mass is 32.1. The van der Waals surface area contributed by atoms with Gasteiger partial charge in [0.2, 0.25) is 0 Å². The number of halogens is 1. The highest BCUT2D eigenvalue weighted by Gasteiger charge is 2.33. The molecule has 1 saturated heterocycles. The molecule has 0 spiro atoms. The van der Waals surface area contributed by atoms with Gasteiger partial charge in [-0.25, -0.2) is 9.38 Å². The van der Waals surface area contributed by atoms with Crippen LogP contribution in [0.4, 0.5) is 20.8 Å². The number of fused-ring (bicyclic) bond motifs is 2. The molecule has 2 N–H and O–H groups in total. The van der Waals surface area contributed by atoms with Gasteiger partial charge in [0.1, 0.15) is 22.4 Å². The number of ether oxygens (including phenoxy) is 1. The first kappa shape index (κ1) is 20.6. The average Bonchev–Trinajstić information content (AvgIpc) is 3.03. The number of hydrogen-bond acceptors (Lipinski definition) is 7. The normalized spacial score (nSPS) is 16.8. The Kier molecular flexibility index (Phi) is 5.42. The van der Waals surface area contributed by atoms with Gasteiger partial charge in [-0.05, 0) is 26.0 Å². The summed E-state index contributed by atoms with van der Waals surface area (Å²) in [5.74, 6) is 0.341. The summed E-state index contributed by atoms with van der Waals surface area (Å²) in [6.07, 6.45) is 0. The lowest BCUT2D eigenvalue weighted by Gasteiger charge is -2.38. The lowest BCUT2D eigenvalue weighted by Crippen LogP contribution is -2.52. The SMILES string of the molecule is COc1csc2c1C(N1CCN(CC(C)(C)C(=O)O)CC1)=Nc1cc(F)ccc1N2. The zero-order valence-electron chi connectivity index (χ0n) is 17.2. The number of carbonyl (C=O) groups is 1. The zero-order valence-corrected chi connectivity index (χ0v) is 18.1. The van der Waals surface area contributed by atoms with E-state index >= 15 is 0 Å². The van der Waals surface area contributed by atoms with Crippen LogP contribution >= 0.6 is 11.3 Å². The minimum absolute atomic E-state index is 0.336. The van der Waals surface area contributed by atoms with Crippen molar-refractivity contribution in [2.24, 2.45) is 10.4 Å². The first-order valence-corrected chi connectivity index (χ1v) is 10.7. The topological polar surface area (TPSA) is 77.4 Å². The molecule has 1 fully saturated rings. The fourth-order valence-corrected chi connectivity index (χ4v) is 4.68. The molecule has 1 aromatic carbocycles. The largest absolute Gasteiger partial charge is 0.495 e. The van der Waals surface area contributed by atoms with Crippen molar-refractivity contribution in [1.82, 2.24) is 9.80 Å². The van der Waals surface area contributed by atoms with Crippen LogP contribution in [0.25, 0.3) is 0 Å². The molecule has 0 unspecified atom stereocenters. The molecule has 0 bridgehead atoms. The van der Waals surface area contributed by atoms with Gasteiger partial charge in [-0.1, -0.05) is 0 Å². The van der Waals surface area contributed by atoms with Crippen LogP contribution in [0.1, 0.15) is 19.4 Å². The number of benzene rings is 1. The van der Waals surface area contributed by atoms with Crippen LogP contribution in [0.15, 0.2) is 28.6 Å². The van der Waals surface area contributed by atoms with E-state index in [2.05, 4.69) is 15.1 Å². The van der Waals surface area contributed by atoms with Crippen molar-refractivity contribution >= 4 is 39.5 Å². The monoisotopic (exact) mass is 432 g/mol. The van der Waals surface area contributed by atoms with Crippen molar-refractivity contribution < 1.29 is 19.0 Å². The molecular formula is C21H25FN4O3S. The van der Waals surface area contributed by atoms with Crippen LogP contribution < -0.4 is 10.1 Å². The van der Waals surface area contributed by atoms with Gasteiger partial charge in [0.15, 0.2) is 0 Å². The van der Waals surface area contributed by atoms with E-state index in [9.17, 15) is 14.3 Å². The molecule has 0 saturated carbocycles. The number of aliphatic carboxylic acids is 1. The first-order valence-electron chi connectivity index (χ1n) is 9.80. The van der Waals surface area contributed by atoms with E-state index < -0.39 is 11.4 Å². The molecule has 0 atom stereocenters. The second-order valence-corrected chi connectivity index (χ2v) is 9.06. The van der Waals surface area contributed by atoms with E-state index in [1.54, 1.807) is 27.0 Å². The van der Waals surface area contributed by atoms with Gasteiger partial charge >= 0.3 is 5.97 Å². The van der Waals surface area contributed by atoms with E-state index in [0.29, 0.717) is 25.3 Å². The molecular weight excluding hydrogens is 407 g/mol. The summed E-state index contributed by atoms with van der Waals surface area (Å²) < 4.78 is 19.5. The van der Waals surface area contributed by atoms with Crippen LogP contribution in [-0.4, -0.2) is 66.5 Å². The fraction of sp³-hybridized carbons (Fsp3) is 0.429. The van der Waals surface area contributed by atoms with Crippen LogP contribution in [0.3, 0.4) is 0 Å². The quantitative estimate of drug-likeness (QED) is 0.766. The number of carboxylic acids is 1. The number of aliphatic imine (C=N–C) groups is 1. The number of nitrogens with one attached hydrogen (secondary N) is 1. The second-order valence-electron chi connectivity index (χ2n) is 8.18. The highest BCUT2D eigenvalue weighted by molar-refractivity contribution is 7.15. The predicted molar refractivity (Wildman–Crippen MR) is 116 cm³/mol. The number of carboxylic acid groups (broad SMARTS) is 1. The van der Waals surface area contributed by atoms with E-state index in [1.165, 1.54) is 23.5 Å². The maximum Gasteiger partial charge on any atom is 0.310 e. The van der Waals surface area contributed by atoms with E-state index in [0.717, 1.165) is 40.9 Å². The third kappa shape index (κ3) is 3.87. The summed E-state index contributed by atoms with van der Waals surface area (Å²) in [4.78, 5) is 20.6. The first-order chi connectivity index (χ1) is 14.3. The molecule has 0 amide bonds.